The van der Waals surface area contributed by atoms with Gasteiger partial charge >= 0.3 is 0 Å². The number of piperazine rings is 1. The molecule has 5 rings (SSSR count). The molecule has 0 spiro atoms. The van der Waals surface area contributed by atoms with Crippen LogP contribution < -0.4 is 10.2 Å². The van der Waals surface area contributed by atoms with Crippen LogP contribution in [0, 0.1) is 0 Å². The van der Waals surface area contributed by atoms with Gasteiger partial charge in [0.25, 0.3) is 0 Å². The maximum Gasteiger partial charge on any atom is 0.229 e. The second-order valence-electron chi connectivity index (χ2n) is 7.33. The molecular weight excluding hydrogens is 362 g/mol. The van der Waals surface area contributed by atoms with Gasteiger partial charge in [-0.25, -0.2) is 9.67 Å². The van der Waals surface area contributed by atoms with Gasteiger partial charge in [-0.2, -0.15) is 10.1 Å². The molecule has 3 heterocycles. The molecule has 0 unspecified atom stereocenters. The summed E-state index contributed by atoms with van der Waals surface area (Å²) in [4.78, 5) is 13.9. The van der Waals surface area contributed by atoms with Crippen LogP contribution in [0.25, 0.3) is 16.7 Å². The Kier molecular flexibility index (Phi) is 4.57. The summed E-state index contributed by atoms with van der Waals surface area (Å²) in [7, 11) is 2.17. The van der Waals surface area contributed by atoms with Crippen LogP contribution in [0.15, 0.2) is 67.0 Å². The van der Waals surface area contributed by atoms with E-state index in [0.717, 1.165) is 48.6 Å². The second-order valence-corrected chi connectivity index (χ2v) is 7.33. The van der Waals surface area contributed by atoms with E-state index in [1.54, 1.807) is 12.4 Å². The normalized spacial score (nSPS) is 15.0. The molecule has 7 heteroatoms. The van der Waals surface area contributed by atoms with Crippen molar-refractivity contribution in [3.05, 3.63) is 67.0 Å². The van der Waals surface area contributed by atoms with Gasteiger partial charge in [0.1, 0.15) is 0 Å². The molecule has 1 N–H and O–H groups in total. The molecule has 1 saturated heterocycles. The average Bonchev–Trinajstić information content (AvgIpc) is 3.19. The number of nitrogens with one attached hydrogen (secondary N) is 1. The van der Waals surface area contributed by atoms with Crippen molar-refractivity contribution < 1.29 is 0 Å². The summed E-state index contributed by atoms with van der Waals surface area (Å²) in [5.41, 5.74) is 3.97. The van der Waals surface area contributed by atoms with Gasteiger partial charge in [0.05, 0.1) is 17.3 Å². The maximum absolute atomic E-state index is 4.69. The lowest BCUT2D eigenvalue weighted by molar-refractivity contribution is 0.313. The fraction of sp³-hybridized carbons (Fsp3) is 0.227. The van der Waals surface area contributed by atoms with Crippen LogP contribution in [0.1, 0.15) is 0 Å². The summed E-state index contributed by atoms with van der Waals surface area (Å²) >= 11 is 0. The van der Waals surface area contributed by atoms with E-state index in [2.05, 4.69) is 61.5 Å². The van der Waals surface area contributed by atoms with Crippen LogP contribution >= 0.6 is 0 Å². The number of likely N-dealkylation sites (N-methyl/N-ethyl adjacent to an activating group) is 1. The first-order chi connectivity index (χ1) is 14.3. The third-order valence-electron chi connectivity index (χ3n) is 5.30. The summed E-state index contributed by atoms with van der Waals surface area (Å²) in [5.74, 6) is 0.558. The lowest BCUT2D eigenvalue weighted by atomic mass is 10.2. The summed E-state index contributed by atoms with van der Waals surface area (Å²) < 4.78 is 1.83. The van der Waals surface area contributed by atoms with Crippen molar-refractivity contribution in [2.45, 2.75) is 0 Å². The summed E-state index contributed by atoms with van der Waals surface area (Å²) in [6.45, 7) is 4.32. The Labute approximate surface area is 169 Å². The highest BCUT2D eigenvalue weighted by Gasteiger charge is 2.14. The first-order valence-electron chi connectivity index (χ1n) is 9.83. The van der Waals surface area contributed by atoms with Crippen molar-refractivity contribution in [1.29, 1.82) is 0 Å². The Morgan fingerprint density at radius 2 is 1.59 bits per heavy atom. The predicted molar refractivity (Wildman–Crippen MR) is 116 cm³/mol. The maximum atomic E-state index is 4.69. The Hall–Kier alpha value is -3.45. The molecular formula is C22H23N7. The Morgan fingerprint density at radius 1 is 0.828 bits per heavy atom. The van der Waals surface area contributed by atoms with Crippen molar-refractivity contribution in [3.8, 4) is 5.69 Å². The molecule has 146 valence electrons. The number of benzene rings is 2. The van der Waals surface area contributed by atoms with Gasteiger partial charge in [-0.3, -0.25) is 0 Å². The molecule has 0 aliphatic carbocycles. The topological polar surface area (TPSA) is 62.1 Å². The van der Waals surface area contributed by atoms with Crippen LogP contribution in [0.4, 0.5) is 17.3 Å². The van der Waals surface area contributed by atoms with Crippen LogP contribution in [0.2, 0.25) is 0 Å². The Bertz CT molecular complexity index is 1100. The fourth-order valence-electron chi connectivity index (χ4n) is 3.59. The molecule has 7 nitrogen and oxygen atoms in total. The second kappa shape index (κ2) is 7.52. The van der Waals surface area contributed by atoms with E-state index < -0.39 is 0 Å². The lowest BCUT2D eigenvalue weighted by Gasteiger charge is -2.34. The van der Waals surface area contributed by atoms with E-state index >= 15 is 0 Å². The van der Waals surface area contributed by atoms with E-state index in [0.29, 0.717) is 5.95 Å². The smallest absolute Gasteiger partial charge is 0.229 e. The van der Waals surface area contributed by atoms with Crippen LogP contribution in [0.5, 0.6) is 0 Å². The van der Waals surface area contributed by atoms with Gasteiger partial charge in [0.2, 0.25) is 5.95 Å². The number of anilines is 3. The summed E-state index contributed by atoms with van der Waals surface area (Å²) in [5, 5.41) is 8.68. The zero-order valence-electron chi connectivity index (χ0n) is 16.4. The van der Waals surface area contributed by atoms with Crippen LogP contribution in [0.3, 0.4) is 0 Å². The van der Waals surface area contributed by atoms with Gasteiger partial charge in [0, 0.05) is 43.8 Å². The number of fused-ring (bicyclic) bond motifs is 1. The number of nitrogens with zero attached hydrogens (tertiary/aromatic N) is 6. The van der Waals surface area contributed by atoms with E-state index in [9.17, 15) is 0 Å². The first-order valence-corrected chi connectivity index (χ1v) is 9.83. The largest absolute Gasteiger partial charge is 0.369 e. The molecule has 0 bridgehead atoms. The van der Waals surface area contributed by atoms with Gasteiger partial charge in [-0.05, 0) is 43.4 Å². The van der Waals surface area contributed by atoms with E-state index in [1.165, 1.54) is 5.69 Å². The van der Waals surface area contributed by atoms with Crippen molar-refractivity contribution in [2.24, 2.45) is 0 Å². The first kappa shape index (κ1) is 17.6. The number of hydrogen-bond acceptors (Lipinski definition) is 6. The Balaban J connectivity index is 1.36. The zero-order valence-corrected chi connectivity index (χ0v) is 16.4. The highest BCUT2D eigenvalue weighted by atomic mass is 15.3. The van der Waals surface area contributed by atoms with Crippen molar-refractivity contribution in [3.63, 3.8) is 0 Å². The molecule has 2 aromatic carbocycles. The summed E-state index contributed by atoms with van der Waals surface area (Å²) in [6, 6.07) is 18.5. The monoisotopic (exact) mass is 385 g/mol. The molecule has 1 aliphatic heterocycles. The molecule has 0 atom stereocenters. The molecule has 4 aromatic rings. The SMILES string of the molecule is CN1CCN(c2ccc(Nc3ncc4cnn(-c5ccccc5)c4n3)cc2)CC1. The molecule has 0 radical (unpaired) electrons. The van der Waals surface area contributed by atoms with E-state index in [-0.39, 0.29) is 0 Å². The molecule has 2 aromatic heterocycles. The molecule has 1 fully saturated rings. The van der Waals surface area contributed by atoms with Crippen LogP contribution in [-0.4, -0.2) is 57.9 Å². The van der Waals surface area contributed by atoms with Crippen molar-refractivity contribution >= 4 is 28.4 Å². The van der Waals surface area contributed by atoms with E-state index in [4.69, 9.17) is 0 Å². The van der Waals surface area contributed by atoms with Crippen molar-refractivity contribution in [2.75, 3.05) is 43.4 Å². The van der Waals surface area contributed by atoms with Gasteiger partial charge in [-0.1, -0.05) is 18.2 Å². The quantitative estimate of drug-likeness (QED) is 0.582. The number of aromatic nitrogens is 4. The Morgan fingerprint density at radius 3 is 2.34 bits per heavy atom. The molecule has 29 heavy (non-hydrogen) atoms. The molecule has 0 saturated carbocycles. The standard InChI is InChI=1S/C22H23N7/c1-27-11-13-28(14-12-27)19-9-7-18(8-10-19)25-22-23-15-17-16-24-29(21(17)26-22)20-5-3-2-4-6-20/h2-10,15-16H,11-14H2,1H3,(H,23,25,26). The summed E-state index contributed by atoms with van der Waals surface area (Å²) in [6.07, 6.45) is 3.59. The minimum Gasteiger partial charge on any atom is -0.369 e. The number of rotatable bonds is 4. The lowest BCUT2D eigenvalue weighted by Crippen LogP contribution is -2.44. The fourth-order valence-corrected chi connectivity index (χ4v) is 3.59. The third kappa shape index (κ3) is 3.64. The molecule has 1 aliphatic rings. The highest BCUT2D eigenvalue weighted by molar-refractivity contribution is 5.77. The van der Waals surface area contributed by atoms with Gasteiger partial charge < -0.3 is 15.1 Å². The van der Waals surface area contributed by atoms with Gasteiger partial charge in [-0.15, -0.1) is 0 Å². The number of hydrogen-bond donors (Lipinski definition) is 1. The van der Waals surface area contributed by atoms with Crippen LogP contribution in [-0.2, 0) is 0 Å². The molecule has 0 amide bonds. The van der Waals surface area contributed by atoms with Gasteiger partial charge in [0.15, 0.2) is 5.65 Å². The zero-order chi connectivity index (χ0) is 19.6. The highest BCUT2D eigenvalue weighted by Crippen LogP contribution is 2.22. The third-order valence-corrected chi connectivity index (χ3v) is 5.30. The minimum absolute atomic E-state index is 0.558. The number of para-hydroxylation sites is 1. The average molecular weight is 385 g/mol. The predicted octanol–water partition coefficient (Wildman–Crippen LogP) is 3.31. The van der Waals surface area contributed by atoms with E-state index in [1.807, 2.05) is 35.0 Å². The van der Waals surface area contributed by atoms with Crippen molar-refractivity contribution in [1.82, 2.24) is 24.6 Å². The minimum atomic E-state index is 0.558.